The van der Waals surface area contributed by atoms with E-state index in [-0.39, 0.29) is 17.7 Å². The van der Waals surface area contributed by atoms with Crippen molar-refractivity contribution in [2.45, 2.75) is 52.2 Å². The number of nitrogens with one attached hydrogen (secondary N) is 2. The zero-order chi connectivity index (χ0) is 22.2. The maximum absolute atomic E-state index is 12.7. The molecule has 1 unspecified atom stereocenters. The quantitative estimate of drug-likeness (QED) is 0.461. The number of halogens is 2. The number of benzene rings is 1. The van der Waals surface area contributed by atoms with Crippen molar-refractivity contribution in [1.82, 2.24) is 20.8 Å². The van der Waals surface area contributed by atoms with Crippen LogP contribution in [0.3, 0.4) is 0 Å². The number of para-hydroxylation sites is 2. The third-order valence-electron chi connectivity index (χ3n) is 4.89. The molecule has 170 valence electrons. The van der Waals surface area contributed by atoms with E-state index >= 15 is 0 Å². The van der Waals surface area contributed by atoms with Gasteiger partial charge >= 0.3 is 6.61 Å². The van der Waals surface area contributed by atoms with Crippen molar-refractivity contribution in [3.63, 3.8) is 0 Å². The zero-order valence-electron chi connectivity index (χ0n) is 18.1. The Morgan fingerprint density at radius 2 is 2.16 bits per heavy atom. The fraction of sp³-hybridized carbons (Fsp3) is 0.571. The van der Waals surface area contributed by atoms with Gasteiger partial charge in [0.15, 0.2) is 11.8 Å². The summed E-state index contributed by atoms with van der Waals surface area (Å²) >= 11 is 0. The molecule has 2 heterocycles. The average molecular weight is 437 g/mol. The summed E-state index contributed by atoms with van der Waals surface area (Å²) in [4.78, 5) is 11.0. The molecule has 0 amide bonds. The molecule has 2 N–H and O–H groups in total. The number of nitrogens with zero attached hydrogens (tertiary/aromatic N) is 4. The molecular formula is C21H30F2N6O2. The van der Waals surface area contributed by atoms with E-state index in [0.29, 0.717) is 42.9 Å². The lowest BCUT2D eigenvalue weighted by molar-refractivity contribution is -0.0495. The number of hydrogen-bond acceptors (Lipinski definition) is 6. The summed E-state index contributed by atoms with van der Waals surface area (Å²) in [6, 6.07) is 7.01. The highest BCUT2D eigenvalue weighted by atomic mass is 19.3. The lowest BCUT2D eigenvalue weighted by Crippen LogP contribution is -2.44. The molecule has 1 aliphatic rings. The summed E-state index contributed by atoms with van der Waals surface area (Å²) in [7, 11) is 0. The van der Waals surface area contributed by atoms with Crippen LogP contribution in [0, 0.1) is 0 Å². The van der Waals surface area contributed by atoms with Crippen LogP contribution in [-0.2, 0) is 6.42 Å². The number of rotatable bonds is 9. The van der Waals surface area contributed by atoms with Crippen LogP contribution < -0.4 is 20.3 Å². The highest BCUT2D eigenvalue weighted by Gasteiger charge is 2.26. The van der Waals surface area contributed by atoms with Gasteiger partial charge in [0.05, 0.1) is 12.2 Å². The van der Waals surface area contributed by atoms with Crippen molar-refractivity contribution in [2.75, 3.05) is 31.1 Å². The van der Waals surface area contributed by atoms with E-state index in [0.717, 1.165) is 19.5 Å². The molecule has 10 heteroatoms. The largest absolute Gasteiger partial charge is 0.433 e. The number of aromatic nitrogens is 2. The lowest BCUT2D eigenvalue weighted by Gasteiger charge is -2.22. The molecule has 1 aromatic carbocycles. The van der Waals surface area contributed by atoms with Gasteiger partial charge in [0.25, 0.3) is 0 Å². The maximum atomic E-state index is 12.7. The van der Waals surface area contributed by atoms with Gasteiger partial charge in [-0.15, -0.1) is 0 Å². The minimum atomic E-state index is -2.85. The SMILES string of the molecule is CCNC(=NCCc1nc(C(C)C)no1)NC1CCN(c2ccccc2OC(F)F)C1. The predicted molar refractivity (Wildman–Crippen MR) is 115 cm³/mol. The Kier molecular flexibility index (Phi) is 8.02. The second-order valence-electron chi connectivity index (χ2n) is 7.63. The minimum absolute atomic E-state index is 0.133. The molecule has 2 aromatic rings. The molecule has 0 bridgehead atoms. The highest BCUT2D eigenvalue weighted by molar-refractivity contribution is 5.80. The Morgan fingerprint density at radius 1 is 1.35 bits per heavy atom. The Morgan fingerprint density at radius 3 is 2.87 bits per heavy atom. The van der Waals surface area contributed by atoms with Crippen LogP contribution in [-0.4, -0.2) is 54.9 Å². The van der Waals surface area contributed by atoms with Crippen molar-refractivity contribution in [3.8, 4) is 5.75 Å². The molecule has 1 fully saturated rings. The highest BCUT2D eigenvalue weighted by Crippen LogP contribution is 2.31. The lowest BCUT2D eigenvalue weighted by atomic mass is 10.2. The topological polar surface area (TPSA) is 87.8 Å². The second kappa shape index (κ2) is 10.9. The van der Waals surface area contributed by atoms with Crippen molar-refractivity contribution in [3.05, 3.63) is 36.0 Å². The molecule has 1 atom stereocenters. The fourth-order valence-electron chi connectivity index (χ4n) is 3.39. The summed E-state index contributed by atoms with van der Waals surface area (Å²) < 4.78 is 35.4. The maximum Gasteiger partial charge on any atom is 0.387 e. The van der Waals surface area contributed by atoms with E-state index in [2.05, 4.69) is 30.5 Å². The van der Waals surface area contributed by atoms with E-state index < -0.39 is 6.61 Å². The monoisotopic (exact) mass is 436 g/mol. The molecule has 1 saturated heterocycles. The Balaban J connectivity index is 1.56. The van der Waals surface area contributed by atoms with Crippen molar-refractivity contribution >= 4 is 11.6 Å². The smallest absolute Gasteiger partial charge is 0.387 e. The summed E-state index contributed by atoms with van der Waals surface area (Å²) in [5.74, 6) is 2.40. The summed E-state index contributed by atoms with van der Waals surface area (Å²) in [5.41, 5.74) is 0.673. The molecule has 0 radical (unpaired) electrons. The first-order chi connectivity index (χ1) is 15.0. The minimum Gasteiger partial charge on any atom is -0.433 e. The number of hydrogen-bond donors (Lipinski definition) is 2. The van der Waals surface area contributed by atoms with Gasteiger partial charge in [0.2, 0.25) is 5.89 Å². The number of aliphatic imine (C=N–C) groups is 1. The van der Waals surface area contributed by atoms with E-state index in [1.165, 1.54) is 0 Å². The van der Waals surface area contributed by atoms with Gasteiger partial charge in [-0.3, -0.25) is 4.99 Å². The van der Waals surface area contributed by atoms with Crippen molar-refractivity contribution in [2.24, 2.45) is 4.99 Å². The first kappa shape index (κ1) is 22.8. The van der Waals surface area contributed by atoms with Crippen LogP contribution in [0.4, 0.5) is 14.5 Å². The standard InChI is InChI=1S/C21H30F2N6O2/c1-4-24-21(25-11-9-18-27-19(14(2)3)28-31-18)26-15-10-12-29(13-15)16-7-5-6-8-17(16)30-20(22)23/h5-8,14-15,20H,4,9-13H2,1-3H3,(H2,24,25,26). The normalized spacial score (nSPS) is 16.9. The molecule has 0 spiro atoms. The van der Waals surface area contributed by atoms with Crippen LogP contribution in [0.1, 0.15) is 44.8 Å². The number of alkyl halides is 2. The van der Waals surface area contributed by atoms with E-state index in [4.69, 9.17) is 4.52 Å². The van der Waals surface area contributed by atoms with Crippen molar-refractivity contribution in [1.29, 1.82) is 0 Å². The van der Waals surface area contributed by atoms with Gasteiger partial charge in [-0.25, -0.2) is 0 Å². The first-order valence-corrected chi connectivity index (χ1v) is 10.6. The first-order valence-electron chi connectivity index (χ1n) is 10.6. The molecule has 8 nitrogen and oxygen atoms in total. The van der Waals surface area contributed by atoms with E-state index in [9.17, 15) is 8.78 Å². The van der Waals surface area contributed by atoms with Crippen LogP contribution >= 0.6 is 0 Å². The van der Waals surface area contributed by atoms with Gasteiger partial charge < -0.3 is 24.8 Å². The van der Waals surface area contributed by atoms with Gasteiger partial charge in [-0.1, -0.05) is 31.1 Å². The van der Waals surface area contributed by atoms with Crippen LogP contribution in [0.15, 0.2) is 33.8 Å². The summed E-state index contributed by atoms with van der Waals surface area (Å²) in [6.45, 7) is 5.83. The van der Waals surface area contributed by atoms with Gasteiger partial charge in [-0.05, 0) is 25.5 Å². The number of anilines is 1. The molecule has 1 aliphatic heterocycles. The second-order valence-corrected chi connectivity index (χ2v) is 7.63. The Hall–Kier alpha value is -2.91. The number of guanidine groups is 1. The van der Waals surface area contributed by atoms with Gasteiger partial charge in [-0.2, -0.15) is 13.8 Å². The van der Waals surface area contributed by atoms with Crippen LogP contribution in [0.25, 0.3) is 0 Å². The summed E-state index contributed by atoms with van der Waals surface area (Å²) in [5, 5.41) is 10.6. The van der Waals surface area contributed by atoms with Crippen molar-refractivity contribution < 1.29 is 18.0 Å². The number of ether oxygens (including phenoxy) is 1. The Labute approximate surface area is 181 Å². The molecule has 31 heavy (non-hydrogen) atoms. The third kappa shape index (κ3) is 6.53. The third-order valence-corrected chi connectivity index (χ3v) is 4.89. The molecular weight excluding hydrogens is 406 g/mol. The average Bonchev–Trinajstić information content (AvgIpc) is 3.38. The molecule has 0 saturated carbocycles. The zero-order valence-corrected chi connectivity index (χ0v) is 18.1. The van der Waals surface area contributed by atoms with Crippen LogP contribution in [0.2, 0.25) is 0 Å². The fourth-order valence-corrected chi connectivity index (χ4v) is 3.39. The Bertz CT molecular complexity index is 858. The van der Waals surface area contributed by atoms with Crippen LogP contribution in [0.5, 0.6) is 5.75 Å². The summed E-state index contributed by atoms with van der Waals surface area (Å²) in [6.07, 6.45) is 1.42. The predicted octanol–water partition coefficient (Wildman–Crippen LogP) is 3.17. The molecule has 1 aromatic heterocycles. The van der Waals surface area contributed by atoms with Gasteiger partial charge in [0, 0.05) is 38.0 Å². The van der Waals surface area contributed by atoms with E-state index in [1.54, 1.807) is 18.2 Å². The van der Waals surface area contributed by atoms with Gasteiger partial charge in [0.1, 0.15) is 5.75 Å². The molecule has 3 rings (SSSR count). The molecule has 0 aliphatic carbocycles. The van der Waals surface area contributed by atoms with E-state index in [1.807, 2.05) is 31.7 Å².